The van der Waals surface area contributed by atoms with Crippen molar-refractivity contribution in [2.45, 2.75) is 13.8 Å². The first-order valence-electron chi connectivity index (χ1n) is 24.4. The van der Waals surface area contributed by atoms with Gasteiger partial charge in [-0.05, 0) is 38.9 Å². The van der Waals surface area contributed by atoms with Crippen molar-refractivity contribution in [2.24, 2.45) is 14.1 Å². The third-order valence-electron chi connectivity index (χ3n) is 10.8. The van der Waals surface area contributed by atoms with Gasteiger partial charge in [-0.3, -0.25) is 9.13 Å². The second kappa shape index (κ2) is 31.7. The van der Waals surface area contributed by atoms with Gasteiger partial charge >= 0.3 is 27.0 Å². The van der Waals surface area contributed by atoms with E-state index in [4.69, 9.17) is 20.8 Å². The number of halogens is 3. The van der Waals surface area contributed by atoms with Gasteiger partial charge in [-0.15, -0.1) is 13.3 Å². The molecule has 2 aliphatic rings. The molecule has 0 fully saturated rings. The van der Waals surface area contributed by atoms with Gasteiger partial charge < -0.3 is 50.0 Å². The molecule has 22 nitrogen and oxygen atoms in total. The molecule has 2 aliphatic heterocycles. The molecule has 0 amide bonds. The molecule has 0 saturated heterocycles. The van der Waals surface area contributed by atoms with E-state index < -0.39 is 11.9 Å². The van der Waals surface area contributed by atoms with Crippen LogP contribution in [0.25, 0.3) is 34.1 Å². The van der Waals surface area contributed by atoms with Crippen LogP contribution in [-0.4, -0.2) is 141 Å². The van der Waals surface area contributed by atoms with Crippen molar-refractivity contribution in [1.82, 2.24) is 58.0 Å². The van der Waals surface area contributed by atoms with Crippen LogP contribution in [0.4, 0.5) is 43.2 Å². The second-order valence-electron chi connectivity index (χ2n) is 18.1. The summed E-state index contributed by atoms with van der Waals surface area (Å²) < 4.78 is 36.6. The standard InChI is InChI=1S/2C15H20N6.C13H14N6.C7H8F2N2.2C2H4N.ClH.Ru/c2*1-17(2)13-9-14(20-7-5-18(3)11-20)16-15(10-13)21-8-6-19(4)12-21;1-17(2)11-7-12(18-5-3-14-9-18)16-13(8-11)19-6-4-15-10-19;1-11(2)5-3-6(8)10-7(9)4-5;2*1-2-3;;/h2*5-12H,1-4H3;3-10H,1-2H3;3-4H,1-2H3;2*2H,1H3;1H;/q-2;+2;;;2*-1;;+1/p-1. The number of aromatic nitrogens is 12. The van der Waals surface area contributed by atoms with E-state index in [2.05, 4.69) is 63.7 Å². The fourth-order valence-electron chi connectivity index (χ4n) is 6.88. The predicted molar refractivity (Wildman–Crippen MR) is 313 cm³/mol. The van der Waals surface area contributed by atoms with E-state index in [9.17, 15) is 8.78 Å². The van der Waals surface area contributed by atoms with Gasteiger partial charge in [0.15, 0.2) is 0 Å². The number of rotatable bonds is 10. The Morgan fingerprint density at radius 1 is 0.487 bits per heavy atom. The van der Waals surface area contributed by atoms with Gasteiger partial charge in [-0.1, -0.05) is 13.8 Å². The first-order valence-corrected chi connectivity index (χ1v) is 26.6. The summed E-state index contributed by atoms with van der Waals surface area (Å²) in [5.41, 5.74) is 3.77. The van der Waals surface area contributed by atoms with Crippen LogP contribution >= 0.6 is 9.69 Å². The molecule has 0 bridgehead atoms. The summed E-state index contributed by atoms with van der Waals surface area (Å²) in [6.45, 7) is 7.11. The van der Waals surface area contributed by atoms with E-state index in [1.54, 1.807) is 57.9 Å². The van der Waals surface area contributed by atoms with E-state index in [-0.39, 0.29) is 0 Å². The van der Waals surface area contributed by atoms with Crippen LogP contribution in [0.3, 0.4) is 0 Å². The number of hydrogen-bond acceptors (Lipinski definition) is 14. The van der Waals surface area contributed by atoms with Gasteiger partial charge in [-0.25, -0.2) is 41.5 Å². The Morgan fingerprint density at radius 2 is 0.787 bits per heavy atom. The number of hydrogen-bond donors (Lipinski definition) is 0. The third-order valence-corrected chi connectivity index (χ3v) is 10.8. The normalized spacial score (nSPS) is 11.7. The fourth-order valence-corrected chi connectivity index (χ4v) is 6.88. The summed E-state index contributed by atoms with van der Waals surface area (Å²) in [5.74, 6) is 3.64. The Morgan fingerprint density at radius 3 is 1.05 bits per heavy atom. The Labute approximate surface area is 482 Å². The Balaban J connectivity index is 0.000000224. The summed E-state index contributed by atoms with van der Waals surface area (Å²) in [6, 6.07) is 14.7. The van der Waals surface area contributed by atoms with Gasteiger partial charge in [0.1, 0.15) is 60.7 Å². The van der Waals surface area contributed by atoms with Crippen molar-refractivity contribution in [1.29, 1.82) is 0 Å². The second-order valence-corrected chi connectivity index (χ2v) is 18.1. The molecule has 26 heteroatoms. The molecule has 10 rings (SSSR count). The van der Waals surface area contributed by atoms with Crippen LogP contribution in [0.15, 0.2) is 148 Å². The molecule has 8 aromatic heterocycles. The maximum atomic E-state index is 12.4. The van der Waals surface area contributed by atoms with E-state index >= 15 is 0 Å². The molecule has 0 aliphatic carbocycles. The van der Waals surface area contributed by atoms with Crippen LogP contribution in [0, 0.1) is 25.2 Å². The molecule has 0 radical (unpaired) electrons. The van der Waals surface area contributed by atoms with Gasteiger partial charge in [0.25, 0.3) is 0 Å². The summed E-state index contributed by atoms with van der Waals surface area (Å²) >= 11 is 1.82. The number of imidazole rings is 4. The molecular weight excluding hydrogens is 1130 g/mol. The average Bonchev–Trinajstić information content (AvgIpc) is 4.35. The molecule has 0 atom stereocenters. The number of nitrogens with zero attached hydrogens (tertiary/aromatic N) is 22. The predicted octanol–water partition coefficient (Wildman–Crippen LogP) is 7.13. The van der Waals surface area contributed by atoms with E-state index in [1.807, 2.05) is 240 Å². The van der Waals surface area contributed by atoms with Crippen LogP contribution in [0.1, 0.15) is 13.8 Å². The average molecular weight is 1200 g/mol. The molecule has 0 N–H and O–H groups in total. The minimum atomic E-state index is -0.798. The zero-order valence-electron chi connectivity index (χ0n) is 47.5. The maximum absolute atomic E-state index is 12.4. The first-order chi connectivity index (χ1) is 38.2. The van der Waals surface area contributed by atoms with Crippen molar-refractivity contribution in [3.8, 4) is 23.3 Å². The number of aryl methyl sites for hydroxylation is 2. The van der Waals surface area contributed by atoms with E-state index in [0.717, 1.165) is 64.4 Å². The SMILES string of the molecule is CC=[N-].CC=[N-].CN(C)c1cc(-n2cc[n+](C)c2)nc(-n2cc[n+](C)c2)c1.CN(C)c1cc(-n2ccnc2)nc(-n2ccnc2)c1.CN(C)c1cc(F)nc(F)c1.CN1C=CN(c2cc(N(C)C)cc(N3C=CN(C)[CH-]3)n2)[CH-]1.[Cl][Ru]. The topological polar surface area (TPSA) is 175 Å². The number of anilines is 6. The van der Waals surface area contributed by atoms with Crippen molar-refractivity contribution in [3.63, 3.8) is 0 Å². The van der Waals surface area contributed by atoms with Gasteiger partial charge in [-0.2, -0.15) is 27.9 Å². The van der Waals surface area contributed by atoms with E-state index in [1.165, 1.54) is 12.1 Å². The number of pyridine rings is 4. The van der Waals surface area contributed by atoms with E-state index in [0.29, 0.717) is 5.69 Å². The summed E-state index contributed by atoms with van der Waals surface area (Å²) in [5, 5.41) is 14.9. The van der Waals surface area contributed by atoms with Crippen LogP contribution in [-0.2, 0) is 31.4 Å². The molecule has 8 aromatic rings. The van der Waals surface area contributed by atoms with Crippen LogP contribution in [0.2, 0.25) is 0 Å². The quantitative estimate of drug-likeness (QED) is 0.0445. The molecule has 80 heavy (non-hydrogen) atoms. The zero-order valence-corrected chi connectivity index (χ0v) is 50.0. The van der Waals surface area contributed by atoms with Crippen molar-refractivity contribution in [2.75, 3.05) is 99.9 Å². The molecule has 0 spiro atoms. The van der Waals surface area contributed by atoms with Crippen molar-refractivity contribution in [3.05, 3.63) is 184 Å². The molecular formula is C54H70ClF2N22Ru-2. The summed E-state index contributed by atoms with van der Waals surface area (Å²) in [6.07, 6.45) is 32.7. The molecule has 0 aromatic carbocycles. The van der Waals surface area contributed by atoms with Crippen LogP contribution in [0.5, 0.6) is 0 Å². The van der Waals surface area contributed by atoms with Crippen molar-refractivity contribution >= 4 is 56.5 Å². The first kappa shape index (κ1) is 64.0. The Kier molecular flexibility index (Phi) is 25.4. The monoisotopic (exact) mass is 1200 g/mol. The molecule has 427 valence electrons. The Hall–Kier alpha value is -8.57. The van der Waals surface area contributed by atoms with Crippen molar-refractivity contribution < 1.29 is 35.2 Å². The minimum absolute atomic E-state index is 0.468. The summed E-state index contributed by atoms with van der Waals surface area (Å²) in [7, 11) is 28.1. The van der Waals surface area contributed by atoms with Gasteiger partial charge in [0, 0.05) is 152 Å². The molecule has 0 saturated carbocycles. The van der Waals surface area contributed by atoms with Gasteiger partial charge in [0.2, 0.25) is 36.2 Å². The zero-order chi connectivity index (χ0) is 59.1. The van der Waals surface area contributed by atoms with Gasteiger partial charge in [0.05, 0.1) is 14.1 Å². The fraction of sp³-hybridized carbons (Fsp3) is 0.259. The molecule has 10 heterocycles. The van der Waals surface area contributed by atoms with Crippen LogP contribution < -0.4 is 38.5 Å². The third kappa shape index (κ3) is 19.4. The Bertz CT molecular complexity index is 3010. The molecule has 0 unspecified atom stereocenters. The summed E-state index contributed by atoms with van der Waals surface area (Å²) in [4.78, 5) is 41.0.